The fraction of sp³-hybridized carbons (Fsp3) is 0.654. The Balaban J connectivity index is 1.49. The summed E-state index contributed by atoms with van der Waals surface area (Å²) in [5.41, 5.74) is 2.52. The van der Waals surface area contributed by atoms with Crippen molar-refractivity contribution in [2.24, 2.45) is 5.92 Å². The third-order valence-electron chi connectivity index (χ3n) is 7.87. The molecule has 2 aliphatic carbocycles. The molecule has 0 radical (unpaired) electrons. The molecule has 1 spiro atoms. The van der Waals surface area contributed by atoms with Gasteiger partial charge in [0, 0.05) is 37.0 Å². The molecule has 33 heavy (non-hydrogen) atoms. The number of carbonyl (C=O) groups excluding carboxylic acids is 1. The molecule has 5 rings (SSSR count). The van der Waals surface area contributed by atoms with Crippen molar-refractivity contribution in [1.29, 1.82) is 0 Å². The molecule has 0 amide bonds. The van der Waals surface area contributed by atoms with Gasteiger partial charge in [-0.25, -0.2) is 0 Å². The Morgan fingerprint density at radius 3 is 2.94 bits per heavy atom. The van der Waals surface area contributed by atoms with Crippen molar-refractivity contribution in [1.82, 2.24) is 4.90 Å². The number of carbonyl (C=O) groups is 1. The predicted molar refractivity (Wildman–Crippen MR) is 123 cm³/mol. The van der Waals surface area contributed by atoms with Crippen molar-refractivity contribution in [3.05, 3.63) is 35.4 Å². The lowest BCUT2D eigenvalue weighted by molar-refractivity contribution is -0.153. The van der Waals surface area contributed by atoms with Gasteiger partial charge in [0.25, 0.3) is 0 Å². The number of piperidine rings is 1. The first-order valence-corrected chi connectivity index (χ1v) is 12.1. The molecule has 0 aromatic heterocycles. The zero-order valence-corrected chi connectivity index (χ0v) is 20.0. The highest BCUT2D eigenvalue weighted by atomic mass is 16.7. The number of esters is 1. The fourth-order valence-corrected chi connectivity index (χ4v) is 6.54. The molecule has 0 saturated carbocycles. The number of hydrogen-bond acceptors (Lipinski definition) is 7. The molecule has 7 heteroatoms. The quantitative estimate of drug-likeness (QED) is 0.320. The third-order valence-corrected chi connectivity index (χ3v) is 7.87. The number of methoxy groups -OCH3 is 1. The van der Waals surface area contributed by atoms with Crippen molar-refractivity contribution in [2.75, 3.05) is 34.1 Å². The van der Waals surface area contributed by atoms with Gasteiger partial charge in [-0.3, -0.25) is 4.79 Å². The summed E-state index contributed by atoms with van der Waals surface area (Å²) in [6.07, 6.45) is 7.65. The molecule has 1 aromatic carbocycles. The summed E-state index contributed by atoms with van der Waals surface area (Å²) >= 11 is 0. The van der Waals surface area contributed by atoms with Crippen molar-refractivity contribution >= 4 is 5.97 Å². The molecule has 7 nitrogen and oxygen atoms in total. The lowest BCUT2D eigenvalue weighted by Gasteiger charge is -2.56. The van der Waals surface area contributed by atoms with E-state index in [-0.39, 0.29) is 36.5 Å². The molecule has 6 atom stereocenters. The number of hydrogen-bond donors (Lipinski definition) is 0. The molecule has 2 bridgehead atoms. The summed E-state index contributed by atoms with van der Waals surface area (Å²) in [7, 11) is 3.85. The lowest BCUT2D eigenvalue weighted by Crippen LogP contribution is -2.65. The maximum atomic E-state index is 11.5. The van der Waals surface area contributed by atoms with Crippen LogP contribution in [0.1, 0.15) is 44.2 Å². The minimum atomic E-state index is -0.269. The van der Waals surface area contributed by atoms with E-state index in [9.17, 15) is 4.79 Å². The Kier molecular flexibility index (Phi) is 6.14. The molecular formula is C26H35NO6. The second-order valence-electron chi connectivity index (χ2n) is 9.79. The van der Waals surface area contributed by atoms with Crippen molar-refractivity contribution < 1.29 is 28.5 Å². The van der Waals surface area contributed by atoms with Gasteiger partial charge in [-0.2, -0.15) is 0 Å². The minimum Gasteiger partial charge on any atom is -0.482 e. The number of benzene rings is 1. The Hall–Kier alpha value is -2.09. The monoisotopic (exact) mass is 457 g/mol. The van der Waals surface area contributed by atoms with Crippen LogP contribution in [-0.4, -0.2) is 69.3 Å². The van der Waals surface area contributed by atoms with Crippen LogP contribution < -0.4 is 9.47 Å². The van der Waals surface area contributed by atoms with E-state index in [0.29, 0.717) is 18.6 Å². The minimum absolute atomic E-state index is 0.131. The lowest BCUT2D eigenvalue weighted by atomic mass is 9.53. The first kappa shape index (κ1) is 22.7. The van der Waals surface area contributed by atoms with Crippen LogP contribution in [0.3, 0.4) is 0 Å². The van der Waals surface area contributed by atoms with E-state index >= 15 is 0 Å². The van der Waals surface area contributed by atoms with Gasteiger partial charge in [-0.15, -0.1) is 0 Å². The van der Waals surface area contributed by atoms with E-state index in [4.69, 9.17) is 23.7 Å². The number of likely N-dealkylation sites (N-methyl/N-ethyl adjacent to an activating group) is 1. The number of likely N-dealkylation sites (tertiary alicyclic amines) is 1. The van der Waals surface area contributed by atoms with Crippen LogP contribution in [0.4, 0.5) is 0 Å². The Morgan fingerprint density at radius 1 is 1.33 bits per heavy atom. The van der Waals surface area contributed by atoms with Crippen LogP contribution >= 0.6 is 0 Å². The Labute approximate surface area is 196 Å². The topological polar surface area (TPSA) is 66.5 Å². The van der Waals surface area contributed by atoms with Crippen LogP contribution in [0.25, 0.3) is 0 Å². The van der Waals surface area contributed by atoms with Gasteiger partial charge < -0.3 is 28.6 Å². The second-order valence-corrected chi connectivity index (χ2v) is 9.79. The van der Waals surface area contributed by atoms with E-state index in [1.165, 1.54) is 18.1 Å². The summed E-state index contributed by atoms with van der Waals surface area (Å²) < 4.78 is 29.7. The van der Waals surface area contributed by atoms with Crippen molar-refractivity contribution in [3.8, 4) is 11.5 Å². The smallest absolute Gasteiger partial charge is 0.302 e. The summed E-state index contributed by atoms with van der Waals surface area (Å²) in [5.74, 6) is 1.69. The third kappa shape index (κ3) is 3.65. The number of nitrogens with zero attached hydrogens (tertiary/aromatic N) is 1. The Bertz CT molecular complexity index is 932. The van der Waals surface area contributed by atoms with Gasteiger partial charge >= 0.3 is 5.97 Å². The van der Waals surface area contributed by atoms with Crippen LogP contribution in [0, 0.1) is 5.92 Å². The second kappa shape index (κ2) is 8.93. The molecule has 1 fully saturated rings. The summed E-state index contributed by atoms with van der Waals surface area (Å²) in [4.78, 5) is 14.0. The Morgan fingerprint density at radius 2 is 2.18 bits per heavy atom. The average Bonchev–Trinajstić information content (AvgIpc) is 3.14. The maximum Gasteiger partial charge on any atom is 0.302 e. The first-order chi connectivity index (χ1) is 16.0. The largest absolute Gasteiger partial charge is 0.482 e. The van der Waals surface area contributed by atoms with Gasteiger partial charge in [-0.05, 0) is 44.5 Å². The molecule has 180 valence electrons. The number of ether oxygens (including phenoxy) is 5. The van der Waals surface area contributed by atoms with Gasteiger partial charge in [0.2, 0.25) is 0 Å². The van der Waals surface area contributed by atoms with E-state index < -0.39 is 0 Å². The van der Waals surface area contributed by atoms with E-state index in [2.05, 4.69) is 37.1 Å². The van der Waals surface area contributed by atoms with Crippen LogP contribution in [0.2, 0.25) is 0 Å². The van der Waals surface area contributed by atoms with Crippen LogP contribution in [0.5, 0.6) is 11.5 Å². The highest BCUT2D eigenvalue weighted by molar-refractivity contribution is 5.66. The van der Waals surface area contributed by atoms with Gasteiger partial charge in [0.05, 0.1) is 6.61 Å². The van der Waals surface area contributed by atoms with Crippen molar-refractivity contribution in [3.63, 3.8) is 0 Å². The zero-order chi connectivity index (χ0) is 23.2. The van der Waals surface area contributed by atoms with E-state index in [1.807, 2.05) is 6.07 Å². The van der Waals surface area contributed by atoms with Crippen LogP contribution in [0.15, 0.2) is 24.3 Å². The summed E-state index contributed by atoms with van der Waals surface area (Å²) in [6, 6.07) is 4.66. The van der Waals surface area contributed by atoms with E-state index in [1.54, 1.807) is 7.11 Å². The first-order valence-electron chi connectivity index (χ1n) is 12.1. The maximum absolute atomic E-state index is 11.5. The van der Waals surface area contributed by atoms with Crippen LogP contribution in [-0.2, 0) is 30.8 Å². The molecule has 0 N–H and O–H groups in total. The average molecular weight is 458 g/mol. The van der Waals surface area contributed by atoms with Gasteiger partial charge in [0.15, 0.2) is 18.3 Å². The SMILES string of the molecule is CCCC(CO[C@H]1C=C[C@H]2[C@H]3Cc4ccc(OCOC)c5c4[C@@]2(CCN3C)[C@H]1O5)OC(C)=O. The molecule has 2 aliphatic heterocycles. The van der Waals surface area contributed by atoms with Crippen molar-refractivity contribution in [2.45, 2.75) is 69.3 Å². The highest BCUT2D eigenvalue weighted by Crippen LogP contribution is 2.62. The van der Waals surface area contributed by atoms with E-state index in [0.717, 1.165) is 43.7 Å². The standard InChI is InChI=1S/C26H35NO6/c1-5-6-18(32-16(2)28)14-30-22-10-8-19-20-13-17-7-9-21(31-15-29-4)24-23(17)26(19,25(22)33-24)11-12-27(20)3/h7-10,18-20,22,25H,5-6,11-15H2,1-4H3/t18?,19-,20+,22-,25-,26-/m0/s1. The molecule has 2 heterocycles. The predicted octanol–water partition coefficient (Wildman–Crippen LogP) is 3.23. The fourth-order valence-electron chi connectivity index (χ4n) is 6.54. The number of rotatable bonds is 9. The summed E-state index contributed by atoms with van der Waals surface area (Å²) in [5, 5.41) is 0. The molecule has 4 aliphatic rings. The van der Waals surface area contributed by atoms with Gasteiger partial charge in [0.1, 0.15) is 18.3 Å². The van der Waals surface area contributed by atoms with Gasteiger partial charge in [-0.1, -0.05) is 31.6 Å². The summed E-state index contributed by atoms with van der Waals surface area (Å²) in [6.45, 7) is 5.10. The highest BCUT2D eigenvalue weighted by Gasteiger charge is 2.64. The molecule has 1 unspecified atom stereocenters. The molecule has 1 saturated heterocycles. The zero-order valence-electron chi connectivity index (χ0n) is 20.0. The molecule has 1 aromatic rings. The normalized spacial score (nSPS) is 32.1. The molecular weight excluding hydrogens is 422 g/mol.